The minimum Gasteiger partial charge on any atom is -0.247 e. The number of nitrogens with zero attached hydrogens (tertiary/aromatic N) is 1. The molecular weight excluding hydrogens is 675 g/mol. The van der Waals surface area contributed by atoms with Crippen LogP contribution < -0.4 is 0 Å². The third-order valence-electron chi connectivity index (χ3n) is 10.8. The molecule has 0 spiro atoms. The lowest BCUT2D eigenvalue weighted by molar-refractivity contribution is 1.35. The van der Waals surface area contributed by atoms with Gasteiger partial charge in [0, 0.05) is 16.5 Å². The minimum absolute atomic E-state index is 0.956. The van der Waals surface area contributed by atoms with E-state index in [1.807, 2.05) is 0 Å². The fraction of sp³-hybridized carbons (Fsp3) is 0. The van der Waals surface area contributed by atoms with Gasteiger partial charge < -0.3 is 0 Å². The van der Waals surface area contributed by atoms with Gasteiger partial charge in [0.15, 0.2) is 0 Å². The monoisotopic (exact) mass is 711 g/mol. The van der Waals surface area contributed by atoms with E-state index in [1.54, 1.807) is 0 Å². The third kappa shape index (κ3) is 6.46. The van der Waals surface area contributed by atoms with E-state index < -0.39 is 0 Å². The van der Waals surface area contributed by atoms with E-state index in [9.17, 15) is 0 Å². The number of aromatic nitrogens is 1. The summed E-state index contributed by atoms with van der Waals surface area (Å²) in [4.78, 5) is 5.40. The van der Waals surface area contributed by atoms with Crippen molar-refractivity contribution < 1.29 is 0 Å². The lowest BCUT2D eigenvalue weighted by Gasteiger charge is -2.13. The average Bonchev–Trinajstić information content (AvgIpc) is 3.29. The van der Waals surface area contributed by atoms with Crippen LogP contribution in [0.2, 0.25) is 0 Å². The lowest BCUT2D eigenvalue weighted by Crippen LogP contribution is -1.92. The Kier molecular flexibility index (Phi) is 8.59. The van der Waals surface area contributed by atoms with E-state index in [0.29, 0.717) is 0 Å². The average molecular weight is 712 g/mol. The number of rotatable bonds is 7. The van der Waals surface area contributed by atoms with Crippen molar-refractivity contribution in [3.63, 3.8) is 0 Å². The number of pyridine rings is 1. The largest absolute Gasteiger partial charge is 0.247 e. The molecule has 0 aliphatic rings. The molecule has 1 aromatic heterocycles. The molecule has 0 saturated carbocycles. The van der Waals surface area contributed by atoms with Crippen LogP contribution in [0.5, 0.6) is 0 Å². The summed E-state index contributed by atoms with van der Waals surface area (Å²) in [5.74, 6) is 0. The molecule has 10 aromatic rings. The highest BCUT2D eigenvalue weighted by Gasteiger charge is 2.13. The summed E-state index contributed by atoms with van der Waals surface area (Å²) in [5, 5.41) is 4.81. The van der Waals surface area contributed by atoms with Crippen molar-refractivity contribution in [2.75, 3.05) is 0 Å². The van der Waals surface area contributed by atoms with Gasteiger partial charge in [0.25, 0.3) is 0 Å². The standard InChI is InChI=1S/C55H37N/c1-2-14-38(15-3-1)40-19-8-20-41(32-40)42-21-9-22-43(33-42)44-23-10-24-45(34-44)46-25-11-27-49(35-46)54-37-48-17-5-7-30-53(48)55(56-54)50-28-12-26-47(36-50)52-31-13-18-39-16-4-6-29-51(39)52/h1-37H. The first-order valence-electron chi connectivity index (χ1n) is 19.2. The van der Waals surface area contributed by atoms with Crippen LogP contribution >= 0.6 is 0 Å². The Balaban J connectivity index is 0.999. The van der Waals surface area contributed by atoms with Gasteiger partial charge in [0.1, 0.15) is 0 Å². The van der Waals surface area contributed by atoms with Gasteiger partial charge in [-0.3, -0.25) is 0 Å². The maximum Gasteiger partial charge on any atom is 0.0788 e. The van der Waals surface area contributed by atoms with E-state index in [4.69, 9.17) is 4.98 Å². The van der Waals surface area contributed by atoms with Crippen molar-refractivity contribution in [1.82, 2.24) is 4.98 Å². The summed E-state index contributed by atoms with van der Waals surface area (Å²) in [6.45, 7) is 0. The Hall–Kier alpha value is -7.35. The Bertz CT molecular complexity index is 3020. The Morgan fingerprint density at radius 2 is 0.625 bits per heavy atom. The third-order valence-corrected chi connectivity index (χ3v) is 10.8. The van der Waals surface area contributed by atoms with Gasteiger partial charge in [-0.25, -0.2) is 4.98 Å². The first-order chi connectivity index (χ1) is 27.7. The first-order valence-corrected chi connectivity index (χ1v) is 19.2. The first kappa shape index (κ1) is 33.2. The zero-order chi connectivity index (χ0) is 37.3. The van der Waals surface area contributed by atoms with E-state index >= 15 is 0 Å². The molecule has 0 aliphatic carbocycles. The van der Waals surface area contributed by atoms with Crippen molar-refractivity contribution in [3.05, 3.63) is 224 Å². The highest BCUT2D eigenvalue weighted by Crippen LogP contribution is 2.37. The van der Waals surface area contributed by atoms with Crippen molar-refractivity contribution >= 4 is 21.5 Å². The molecule has 10 rings (SSSR count). The van der Waals surface area contributed by atoms with Gasteiger partial charge in [-0.05, 0) is 108 Å². The maximum absolute atomic E-state index is 5.40. The quantitative estimate of drug-likeness (QED) is 0.160. The SMILES string of the molecule is c1ccc(-c2cccc(-c3cccc(-c4cccc(-c5cccc(-c6cc7ccccc7c(-c7cccc(-c8cccc9ccccc89)c7)n6)c5)c4)c3)c2)cc1. The molecule has 0 amide bonds. The summed E-state index contributed by atoms with van der Waals surface area (Å²) in [7, 11) is 0. The molecular formula is C55H37N. The van der Waals surface area contributed by atoms with Crippen LogP contribution in [0.4, 0.5) is 0 Å². The van der Waals surface area contributed by atoms with Crippen molar-refractivity contribution in [3.8, 4) is 78.1 Å². The maximum atomic E-state index is 5.40. The van der Waals surface area contributed by atoms with Crippen LogP contribution in [0.25, 0.3) is 99.7 Å². The lowest BCUT2D eigenvalue weighted by atomic mass is 9.94. The molecule has 0 bridgehead atoms. The van der Waals surface area contributed by atoms with E-state index in [0.717, 1.165) is 33.5 Å². The predicted molar refractivity (Wildman–Crippen MR) is 237 cm³/mol. The van der Waals surface area contributed by atoms with Gasteiger partial charge in [-0.1, -0.05) is 188 Å². The van der Waals surface area contributed by atoms with Gasteiger partial charge in [0.05, 0.1) is 11.4 Å². The zero-order valence-corrected chi connectivity index (χ0v) is 30.8. The fourth-order valence-corrected chi connectivity index (χ4v) is 8.00. The summed E-state index contributed by atoms with van der Waals surface area (Å²) in [6.07, 6.45) is 0. The second-order valence-electron chi connectivity index (χ2n) is 14.4. The fourth-order valence-electron chi connectivity index (χ4n) is 8.00. The molecule has 56 heavy (non-hydrogen) atoms. The predicted octanol–water partition coefficient (Wildman–Crippen LogP) is 15.1. The van der Waals surface area contributed by atoms with Crippen LogP contribution in [0.1, 0.15) is 0 Å². The number of fused-ring (bicyclic) bond motifs is 2. The van der Waals surface area contributed by atoms with Crippen LogP contribution in [0.3, 0.4) is 0 Å². The smallest absolute Gasteiger partial charge is 0.0788 e. The van der Waals surface area contributed by atoms with Crippen LogP contribution in [-0.2, 0) is 0 Å². The van der Waals surface area contributed by atoms with Crippen molar-refractivity contribution in [1.29, 1.82) is 0 Å². The molecule has 0 saturated heterocycles. The van der Waals surface area contributed by atoms with Gasteiger partial charge >= 0.3 is 0 Å². The second kappa shape index (κ2) is 14.5. The molecule has 1 nitrogen and oxygen atoms in total. The minimum atomic E-state index is 0.956. The molecule has 1 heterocycles. The van der Waals surface area contributed by atoms with Crippen molar-refractivity contribution in [2.45, 2.75) is 0 Å². The molecule has 1 heteroatoms. The van der Waals surface area contributed by atoms with Gasteiger partial charge in [0.2, 0.25) is 0 Å². The second-order valence-corrected chi connectivity index (χ2v) is 14.4. The highest BCUT2D eigenvalue weighted by molar-refractivity contribution is 6.00. The number of hydrogen-bond acceptors (Lipinski definition) is 1. The van der Waals surface area contributed by atoms with E-state index in [-0.39, 0.29) is 0 Å². The zero-order valence-electron chi connectivity index (χ0n) is 30.8. The Morgan fingerprint density at radius 3 is 1.25 bits per heavy atom. The molecule has 9 aromatic carbocycles. The van der Waals surface area contributed by atoms with E-state index in [2.05, 4.69) is 224 Å². The van der Waals surface area contributed by atoms with E-state index in [1.165, 1.54) is 66.2 Å². The summed E-state index contributed by atoms with van der Waals surface area (Å²) >= 11 is 0. The van der Waals surface area contributed by atoms with Gasteiger partial charge in [-0.15, -0.1) is 0 Å². The summed E-state index contributed by atoms with van der Waals surface area (Å²) < 4.78 is 0. The number of hydrogen-bond donors (Lipinski definition) is 0. The van der Waals surface area contributed by atoms with Crippen LogP contribution in [-0.4, -0.2) is 4.98 Å². The highest BCUT2D eigenvalue weighted by atomic mass is 14.7. The molecule has 262 valence electrons. The van der Waals surface area contributed by atoms with Crippen molar-refractivity contribution in [2.24, 2.45) is 0 Å². The summed E-state index contributed by atoms with van der Waals surface area (Å²) in [6, 6.07) is 80.7. The Labute approximate surface area is 327 Å². The van der Waals surface area contributed by atoms with Crippen LogP contribution in [0, 0.1) is 0 Å². The molecule has 0 fully saturated rings. The molecule has 0 atom stereocenters. The van der Waals surface area contributed by atoms with Gasteiger partial charge in [-0.2, -0.15) is 0 Å². The van der Waals surface area contributed by atoms with Crippen LogP contribution in [0.15, 0.2) is 224 Å². The topological polar surface area (TPSA) is 12.9 Å². The molecule has 0 unspecified atom stereocenters. The summed E-state index contributed by atoms with van der Waals surface area (Å²) in [5.41, 5.74) is 16.1. The molecule has 0 radical (unpaired) electrons. The molecule has 0 N–H and O–H groups in total. The molecule has 0 aliphatic heterocycles. The normalized spacial score (nSPS) is 11.2. The Morgan fingerprint density at radius 1 is 0.232 bits per heavy atom. The number of benzene rings is 9.